The van der Waals surface area contributed by atoms with Crippen LogP contribution in [0.2, 0.25) is 5.02 Å². The van der Waals surface area contributed by atoms with E-state index in [1.807, 2.05) is 26.2 Å². The lowest BCUT2D eigenvalue weighted by Gasteiger charge is -2.12. The van der Waals surface area contributed by atoms with E-state index >= 15 is 0 Å². The SMILES string of the molecule is CN(C)CCCOc1cccc(Cl)c1N. The van der Waals surface area contributed by atoms with Gasteiger partial charge in [-0.15, -0.1) is 0 Å². The topological polar surface area (TPSA) is 38.5 Å². The van der Waals surface area contributed by atoms with E-state index in [1.54, 1.807) is 6.07 Å². The van der Waals surface area contributed by atoms with Crippen LogP contribution in [0.15, 0.2) is 18.2 Å². The van der Waals surface area contributed by atoms with Gasteiger partial charge in [-0.25, -0.2) is 0 Å². The fraction of sp³-hybridized carbons (Fsp3) is 0.455. The normalized spacial score (nSPS) is 10.7. The lowest BCUT2D eigenvalue weighted by molar-refractivity contribution is 0.283. The van der Waals surface area contributed by atoms with Gasteiger partial charge in [-0.1, -0.05) is 17.7 Å². The lowest BCUT2D eigenvalue weighted by Crippen LogP contribution is -2.15. The molecule has 1 rings (SSSR count). The summed E-state index contributed by atoms with van der Waals surface area (Å²) in [5.41, 5.74) is 6.27. The van der Waals surface area contributed by atoms with Gasteiger partial charge in [0, 0.05) is 6.54 Å². The molecule has 0 radical (unpaired) electrons. The van der Waals surface area contributed by atoms with Crippen LogP contribution in [0.25, 0.3) is 0 Å². The standard InChI is InChI=1S/C11H17ClN2O/c1-14(2)7-4-8-15-10-6-3-5-9(12)11(10)13/h3,5-6H,4,7-8,13H2,1-2H3. The molecule has 2 N–H and O–H groups in total. The van der Waals surface area contributed by atoms with Crippen molar-refractivity contribution in [3.63, 3.8) is 0 Å². The number of benzene rings is 1. The number of nitrogens with two attached hydrogens (primary N) is 1. The maximum atomic E-state index is 5.86. The summed E-state index contributed by atoms with van der Waals surface area (Å²) >= 11 is 5.86. The van der Waals surface area contributed by atoms with Crippen LogP contribution in [0.1, 0.15) is 6.42 Å². The summed E-state index contributed by atoms with van der Waals surface area (Å²) in [6, 6.07) is 5.42. The third-order valence-corrected chi connectivity index (χ3v) is 2.35. The average molecular weight is 229 g/mol. The van der Waals surface area contributed by atoms with Crippen LogP contribution in [0.3, 0.4) is 0 Å². The Bertz CT molecular complexity index is 315. The molecule has 0 amide bonds. The summed E-state index contributed by atoms with van der Waals surface area (Å²) < 4.78 is 5.53. The molecule has 0 aliphatic carbocycles. The van der Waals surface area contributed by atoms with Gasteiger partial charge in [0.15, 0.2) is 0 Å². The average Bonchev–Trinajstić information content (AvgIpc) is 2.18. The highest BCUT2D eigenvalue weighted by Crippen LogP contribution is 2.28. The highest BCUT2D eigenvalue weighted by molar-refractivity contribution is 6.33. The molecule has 0 bridgehead atoms. The van der Waals surface area contributed by atoms with Crippen molar-refractivity contribution in [3.05, 3.63) is 23.2 Å². The summed E-state index contributed by atoms with van der Waals surface area (Å²) in [5.74, 6) is 0.668. The molecule has 0 saturated heterocycles. The maximum absolute atomic E-state index is 5.86. The predicted octanol–water partition coefficient (Wildman–Crippen LogP) is 2.25. The Hall–Kier alpha value is -0.930. The third kappa shape index (κ3) is 3.98. The van der Waals surface area contributed by atoms with Gasteiger partial charge in [-0.3, -0.25) is 0 Å². The van der Waals surface area contributed by atoms with Crippen molar-refractivity contribution in [1.29, 1.82) is 0 Å². The van der Waals surface area contributed by atoms with Gasteiger partial charge in [0.2, 0.25) is 0 Å². The Morgan fingerprint density at radius 1 is 1.40 bits per heavy atom. The largest absolute Gasteiger partial charge is 0.491 e. The number of hydrogen-bond acceptors (Lipinski definition) is 3. The first-order valence-corrected chi connectivity index (χ1v) is 5.30. The molecule has 1 aromatic rings. The van der Waals surface area contributed by atoms with E-state index in [0.717, 1.165) is 13.0 Å². The van der Waals surface area contributed by atoms with Crippen molar-refractivity contribution < 1.29 is 4.74 Å². The smallest absolute Gasteiger partial charge is 0.143 e. The zero-order chi connectivity index (χ0) is 11.3. The number of anilines is 1. The summed E-state index contributed by atoms with van der Waals surface area (Å²) in [7, 11) is 4.07. The fourth-order valence-electron chi connectivity index (χ4n) is 1.21. The Kier molecular flexibility index (Phi) is 4.72. The maximum Gasteiger partial charge on any atom is 0.143 e. The molecule has 0 spiro atoms. The van der Waals surface area contributed by atoms with Gasteiger partial charge in [0.05, 0.1) is 17.3 Å². The Morgan fingerprint density at radius 2 is 2.13 bits per heavy atom. The highest BCUT2D eigenvalue weighted by atomic mass is 35.5. The molecule has 0 fully saturated rings. The Labute approximate surface area is 95.8 Å². The number of para-hydroxylation sites is 1. The van der Waals surface area contributed by atoms with E-state index in [2.05, 4.69) is 4.90 Å². The minimum absolute atomic E-state index is 0.518. The second kappa shape index (κ2) is 5.83. The van der Waals surface area contributed by atoms with Gasteiger partial charge in [0.25, 0.3) is 0 Å². The number of rotatable bonds is 5. The van der Waals surface area contributed by atoms with E-state index in [0.29, 0.717) is 23.1 Å². The van der Waals surface area contributed by atoms with E-state index in [-0.39, 0.29) is 0 Å². The number of halogens is 1. The molecule has 0 atom stereocenters. The monoisotopic (exact) mass is 228 g/mol. The van der Waals surface area contributed by atoms with Gasteiger partial charge < -0.3 is 15.4 Å². The van der Waals surface area contributed by atoms with Crippen molar-refractivity contribution in [2.45, 2.75) is 6.42 Å². The first kappa shape index (κ1) is 12.1. The molecule has 0 aliphatic heterocycles. The summed E-state index contributed by atoms with van der Waals surface area (Å²) in [4.78, 5) is 2.12. The summed E-state index contributed by atoms with van der Waals surface area (Å²) in [6.07, 6.45) is 0.971. The van der Waals surface area contributed by atoms with Crippen molar-refractivity contribution >= 4 is 17.3 Å². The Morgan fingerprint density at radius 3 is 2.80 bits per heavy atom. The molecular weight excluding hydrogens is 212 g/mol. The third-order valence-electron chi connectivity index (χ3n) is 2.02. The second-order valence-corrected chi connectivity index (χ2v) is 4.06. The summed E-state index contributed by atoms with van der Waals surface area (Å²) in [6.45, 7) is 1.66. The van der Waals surface area contributed by atoms with Crippen molar-refractivity contribution in [2.75, 3.05) is 33.0 Å². The van der Waals surface area contributed by atoms with Gasteiger partial charge in [-0.2, -0.15) is 0 Å². The minimum atomic E-state index is 0.518. The Balaban J connectivity index is 2.41. The van der Waals surface area contributed by atoms with Crippen molar-refractivity contribution in [2.24, 2.45) is 0 Å². The first-order valence-electron chi connectivity index (χ1n) is 4.93. The van der Waals surface area contributed by atoms with Crippen molar-refractivity contribution in [1.82, 2.24) is 4.90 Å². The van der Waals surface area contributed by atoms with E-state index in [4.69, 9.17) is 22.1 Å². The van der Waals surface area contributed by atoms with Crippen LogP contribution in [0.5, 0.6) is 5.75 Å². The fourth-order valence-corrected chi connectivity index (χ4v) is 1.37. The molecule has 84 valence electrons. The van der Waals surface area contributed by atoms with E-state index in [9.17, 15) is 0 Å². The predicted molar refractivity (Wildman–Crippen MR) is 64.5 cm³/mol. The van der Waals surface area contributed by atoms with Crippen LogP contribution in [-0.4, -0.2) is 32.1 Å². The van der Waals surface area contributed by atoms with E-state index < -0.39 is 0 Å². The molecule has 0 saturated carbocycles. The zero-order valence-corrected chi connectivity index (χ0v) is 9.92. The zero-order valence-electron chi connectivity index (χ0n) is 9.16. The molecule has 0 aromatic heterocycles. The van der Waals surface area contributed by atoms with Crippen LogP contribution in [0, 0.1) is 0 Å². The summed E-state index contributed by atoms with van der Waals surface area (Å²) in [5, 5.41) is 0.542. The van der Waals surface area contributed by atoms with Crippen LogP contribution in [0.4, 0.5) is 5.69 Å². The van der Waals surface area contributed by atoms with Crippen LogP contribution in [-0.2, 0) is 0 Å². The molecule has 15 heavy (non-hydrogen) atoms. The van der Waals surface area contributed by atoms with Gasteiger partial charge in [-0.05, 0) is 32.6 Å². The van der Waals surface area contributed by atoms with Crippen LogP contribution < -0.4 is 10.5 Å². The molecule has 0 unspecified atom stereocenters. The molecule has 3 nitrogen and oxygen atoms in total. The molecular formula is C11H17ClN2O. The number of ether oxygens (including phenoxy) is 1. The highest BCUT2D eigenvalue weighted by Gasteiger charge is 2.03. The number of hydrogen-bond donors (Lipinski definition) is 1. The van der Waals surface area contributed by atoms with Gasteiger partial charge in [0.1, 0.15) is 5.75 Å². The molecule has 0 heterocycles. The number of nitrogen functional groups attached to an aromatic ring is 1. The van der Waals surface area contributed by atoms with E-state index in [1.165, 1.54) is 0 Å². The molecule has 4 heteroatoms. The quantitative estimate of drug-likeness (QED) is 0.621. The minimum Gasteiger partial charge on any atom is -0.491 e. The van der Waals surface area contributed by atoms with Crippen molar-refractivity contribution in [3.8, 4) is 5.75 Å². The first-order chi connectivity index (χ1) is 7.11. The molecule has 1 aromatic carbocycles. The lowest BCUT2D eigenvalue weighted by atomic mass is 10.3. The van der Waals surface area contributed by atoms with Gasteiger partial charge >= 0.3 is 0 Å². The van der Waals surface area contributed by atoms with Crippen LogP contribution >= 0.6 is 11.6 Å². The number of nitrogens with zero attached hydrogens (tertiary/aromatic N) is 1. The second-order valence-electron chi connectivity index (χ2n) is 3.66. The molecule has 0 aliphatic rings.